The predicted molar refractivity (Wildman–Crippen MR) is 94.5 cm³/mol. The summed E-state index contributed by atoms with van der Waals surface area (Å²) in [7, 11) is -1.63. The molecule has 0 unspecified atom stereocenters. The maximum absolute atomic E-state index is 11.8. The molecule has 0 bridgehead atoms. The van der Waals surface area contributed by atoms with Gasteiger partial charge < -0.3 is 10.1 Å². The zero-order valence-electron chi connectivity index (χ0n) is 13.4. The molecule has 0 spiro atoms. The van der Waals surface area contributed by atoms with E-state index >= 15 is 0 Å². The molecule has 23 heavy (non-hydrogen) atoms. The summed E-state index contributed by atoms with van der Waals surface area (Å²) in [6.45, 7) is 2.47. The molecule has 0 fully saturated rings. The van der Waals surface area contributed by atoms with Crippen LogP contribution in [-0.4, -0.2) is 21.3 Å². The van der Waals surface area contributed by atoms with Gasteiger partial charge in [0, 0.05) is 12.2 Å². The molecule has 2 rings (SSSR count). The highest BCUT2D eigenvalue weighted by Crippen LogP contribution is 2.18. The van der Waals surface area contributed by atoms with Crippen LogP contribution >= 0.6 is 0 Å². The summed E-state index contributed by atoms with van der Waals surface area (Å²) in [4.78, 5) is 0. The minimum absolute atomic E-state index is 0.120. The topological polar surface area (TPSA) is 67.4 Å². The Hall–Kier alpha value is -2.21. The highest BCUT2D eigenvalue weighted by atomic mass is 32.2. The van der Waals surface area contributed by atoms with Crippen LogP contribution in [0.25, 0.3) is 0 Å². The molecule has 0 aliphatic rings. The Morgan fingerprint density at radius 2 is 1.78 bits per heavy atom. The molecule has 0 saturated carbocycles. The van der Waals surface area contributed by atoms with Crippen molar-refractivity contribution in [2.75, 3.05) is 22.9 Å². The Morgan fingerprint density at radius 3 is 2.52 bits per heavy atom. The van der Waals surface area contributed by atoms with Gasteiger partial charge in [0.1, 0.15) is 5.75 Å². The lowest BCUT2D eigenvalue weighted by atomic mass is 10.2. The molecular weight excluding hydrogens is 312 g/mol. The van der Waals surface area contributed by atoms with Crippen LogP contribution in [0.2, 0.25) is 0 Å². The van der Waals surface area contributed by atoms with E-state index < -0.39 is 10.0 Å². The third kappa shape index (κ3) is 5.49. The van der Waals surface area contributed by atoms with Gasteiger partial charge in [-0.15, -0.1) is 0 Å². The lowest BCUT2D eigenvalue weighted by Crippen LogP contribution is -2.16. The molecule has 0 aromatic heterocycles. The van der Waals surface area contributed by atoms with Crippen molar-refractivity contribution >= 4 is 21.4 Å². The van der Waals surface area contributed by atoms with Crippen LogP contribution in [0.4, 0.5) is 11.4 Å². The van der Waals surface area contributed by atoms with Gasteiger partial charge in [-0.05, 0) is 42.3 Å². The molecule has 0 radical (unpaired) electrons. The van der Waals surface area contributed by atoms with Gasteiger partial charge in [0.25, 0.3) is 0 Å². The van der Waals surface area contributed by atoms with Gasteiger partial charge in [-0.25, -0.2) is 8.42 Å². The lowest BCUT2D eigenvalue weighted by molar-refractivity contribution is 0.414. The minimum atomic E-state index is -3.27. The molecule has 6 heteroatoms. The Labute approximate surface area is 137 Å². The van der Waals surface area contributed by atoms with E-state index in [0.29, 0.717) is 18.7 Å². The highest BCUT2D eigenvalue weighted by Gasteiger charge is 2.08. The van der Waals surface area contributed by atoms with Crippen molar-refractivity contribution in [3.8, 4) is 5.75 Å². The van der Waals surface area contributed by atoms with Crippen LogP contribution < -0.4 is 14.8 Å². The van der Waals surface area contributed by atoms with Crippen molar-refractivity contribution in [3.63, 3.8) is 0 Å². The lowest BCUT2D eigenvalue weighted by Gasteiger charge is -2.11. The third-order valence-electron chi connectivity index (χ3n) is 3.24. The number of methoxy groups -OCH3 is 1. The molecule has 0 saturated heterocycles. The Morgan fingerprint density at radius 1 is 1.04 bits per heavy atom. The summed E-state index contributed by atoms with van der Waals surface area (Å²) in [5.74, 6) is 0.930. The first-order valence-electron chi connectivity index (χ1n) is 7.50. The molecule has 5 nitrogen and oxygen atoms in total. The van der Waals surface area contributed by atoms with E-state index in [-0.39, 0.29) is 5.75 Å². The van der Waals surface area contributed by atoms with Gasteiger partial charge in [-0.3, -0.25) is 4.72 Å². The normalized spacial score (nSPS) is 11.0. The molecule has 124 valence electrons. The highest BCUT2D eigenvalue weighted by molar-refractivity contribution is 7.92. The van der Waals surface area contributed by atoms with Crippen molar-refractivity contribution in [2.45, 2.75) is 19.9 Å². The average molecular weight is 334 g/mol. The van der Waals surface area contributed by atoms with Crippen LogP contribution in [0.15, 0.2) is 48.5 Å². The van der Waals surface area contributed by atoms with Gasteiger partial charge in [-0.1, -0.05) is 25.1 Å². The number of hydrogen-bond acceptors (Lipinski definition) is 4. The van der Waals surface area contributed by atoms with Gasteiger partial charge in [-0.2, -0.15) is 0 Å². The predicted octanol–water partition coefficient (Wildman–Crippen LogP) is 3.46. The summed E-state index contributed by atoms with van der Waals surface area (Å²) in [6.07, 6.45) is 0.586. The number of nitrogens with one attached hydrogen (secondary N) is 2. The second-order valence-electron chi connectivity index (χ2n) is 5.21. The van der Waals surface area contributed by atoms with Crippen LogP contribution in [0.1, 0.15) is 18.9 Å². The molecule has 0 aliphatic heterocycles. The first kappa shape index (κ1) is 17.1. The van der Waals surface area contributed by atoms with Crippen LogP contribution in [0.5, 0.6) is 5.75 Å². The van der Waals surface area contributed by atoms with Gasteiger partial charge >= 0.3 is 0 Å². The molecular formula is C17H22N2O3S. The number of ether oxygens (including phenoxy) is 1. The largest absolute Gasteiger partial charge is 0.497 e. The van der Waals surface area contributed by atoms with Gasteiger partial charge in [0.2, 0.25) is 10.0 Å². The molecule has 0 amide bonds. The van der Waals surface area contributed by atoms with Crippen LogP contribution in [0.3, 0.4) is 0 Å². The quantitative estimate of drug-likeness (QED) is 0.776. The Bertz CT molecular complexity index is 745. The van der Waals surface area contributed by atoms with E-state index in [1.54, 1.807) is 19.2 Å². The Balaban J connectivity index is 2.02. The van der Waals surface area contributed by atoms with Crippen molar-refractivity contribution in [3.05, 3.63) is 54.1 Å². The van der Waals surface area contributed by atoms with Gasteiger partial charge in [0.15, 0.2) is 0 Å². The standard InChI is InChI=1S/C17H22N2O3S/c1-3-10-23(20,21)19-16-8-5-7-15(12-16)18-13-14-6-4-9-17(11-14)22-2/h4-9,11-12,18-19H,3,10,13H2,1-2H3. The van der Waals surface area contributed by atoms with E-state index in [9.17, 15) is 8.42 Å². The molecule has 0 atom stereocenters. The fraction of sp³-hybridized carbons (Fsp3) is 0.294. The number of rotatable bonds is 8. The maximum Gasteiger partial charge on any atom is 0.232 e. The SMILES string of the molecule is CCCS(=O)(=O)Nc1cccc(NCc2cccc(OC)c2)c1. The summed E-state index contributed by atoms with van der Waals surface area (Å²) in [5.41, 5.74) is 2.50. The van der Waals surface area contributed by atoms with E-state index in [2.05, 4.69) is 10.0 Å². The summed E-state index contributed by atoms with van der Waals surface area (Å²) >= 11 is 0. The maximum atomic E-state index is 11.8. The van der Waals surface area contributed by atoms with Crippen molar-refractivity contribution in [2.24, 2.45) is 0 Å². The van der Waals surface area contributed by atoms with E-state index in [4.69, 9.17) is 4.74 Å². The first-order valence-corrected chi connectivity index (χ1v) is 9.15. The van der Waals surface area contributed by atoms with E-state index in [0.717, 1.165) is 17.0 Å². The summed E-state index contributed by atoms with van der Waals surface area (Å²) in [6, 6.07) is 15.0. The molecule has 0 heterocycles. The van der Waals surface area contributed by atoms with Crippen molar-refractivity contribution in [1.82, 2.24) is 0 Å². The van der Waals surface area contributed by atoms with Crippen molar-refractivity contribution in [1.29, 1.82) is 0 Å². The molecule has 2 N–H and O–H groups in total. The van der Waals surface area contributed by atoms with Crippen molar-refractivity contribution < 1.29 is 13.2 Å². The van der Waals surface area contributed by atoms with Gasteiger partial charge in [0.05, 0.1) is 18.6 Å². The van der Waals surface area contributed by atoms with Crippen LogP contribution in [-0.2, 0) is 16.6 Å². The molecule has 2 aromatic carbocycles. The monoisotopic (exact) mass is 334 g/mol. The molecule has 2 aromatic rings. The van der Waals surface area contributed by atoms with Crippen LogP contribution in [0, 0.1) is 0 Å². The second-order valence-corrected chi connectivity index (χ2v) is 7.05. The Kier molecular flexibility index (Phi) is 5.87. The van der Waals surface area contributed by atoms with E-state index in [1.807, 2.05) is 43.3 Å². The number of benzene rings is 2. The summed E-state index contributed by atoms with van der Waals surface area (Å²) < 4.78 is 31.4. The summed E-state index contributed by atoms with van der Waals surface area (Å²) in [5, 5.41) is 3.28. The first-order chi connectivity index (χ1) is 11.0. The zero-order chi connectivity index (χ0) is 16.7. The zero-order valence-corrected chi connectivity index (χ0v) is 14.2. The third-order valence-corrected chi connectivity index (χ3v) is 4.73. The smallest absolute Gasteiger partial charge is 0.232 e. The fourth-order valence-electron chi connectivity index (χ4n) is 2.18. The average Bonchev–Trinajstić information content (AvgIpc) is 2.53. The van der Waals surface area contributed by atoms with E-state index in [1.165, 1.54) is 0 Å². The fourth-order valence-corrected chi connectivity index (χ4v) is 3.30. The minimum Gasteiger partial charge on any atom is -0.497 e. The number of sulfonamides is 1. The second kappa shape index (κ2) is 7.87. The molecule has 0 aliphatic carbocycles. The number of anilines is 2. The number of hydrogen-bond donors (Lipinski definition) is 2.